The van der Waals surface area contributed by atoms with Crippen LogP contribution in [0.5, 0.6) is 0 Å². The van der Waals surface area contributed by atoms with Crippen LogP contribution < -0.4 is 0 Å². The van der Waals surface area contributed by atoms with E-state index >= 15 is 0 Å². The van der Waals surface area contributed by atoms with Gasteiger partial charge in [0.1, 0.15) is 9.13 Å². The number of ketones is 1. The van der Waals surface area contributed by atoms with Crippen molar-refractivity contribution in [2.75, 3.05) is 13.7 Å². The van der Waals surface area contributed by atoms with Gasteiger partial charge in [-0.25, -0.2) is 0 Å². The molecule has 2 unspecified atom stereocenters. The predicted molar refractivity (Wildman–Crippen MR) is 140 cm³/mol. The smallest absolute Gasteiger partial charge is 0.180 e. The van der Waals surface area contributed by atoms with Gasteiger partial charge in [-0.3, -0.25) is 4.79 Å². The summed E-state index contributed by atoms with van der Waals surface area (Å²) in [5.74, 6) is 0.0736. The molecule has 0 amide bonds. The van der Waals surface area contributed by atoms with E-state index in [2.05, 4.69) is 34.6 Å². The summed E-state index contributed by atoms with van der Waals surface area (Å²) >= 11 is 9.03. The number of thiocarbonyl (C=S) groups is 1. The van der Waals surface area contributed by atoms with Gasteiger partial charge < -0.3 is 9.47 Å². The van der Waals surface area contributed by atoms with Crippen LogP contribution in [-0.2, 0) is 14.3 Å². The molecule has 0 aliphatic carbocycles. The van der Waals surface area contributed by atoms with Crippen LogP contribution in [0.3, 0.4) is 0 Å². The lowest BCUT2D eigenvalue weighted by atomic mass is 9.80. The zero-order valence-electron chi connectivity index (χ0n) is 21.5. The molecule has 0 saturated carbocycles. The Hall–Kier alpha value is 0.380. The van der Waals surface area contributed by atoms with Gasteiger partial charge >= 0.3 is 0 Å². The number of hydrogen-bond acceptors (Lipinski definition) is 6. The number of methoxy groups -OCH3 is 1. The Kier molecular flexibility index (Phi) is 11.6. The second-order valence-electron chi connectivity index (χ2n) is 10.6. The molecule has 0 radical (unpaired) electrons. The highest BCUT2D eigenvalue weighted by Gasteiger charge is 2.45. The van der Waals surface area contributed by atoms with E-state index in [4.69, 9.17) is 21.7 Å². The number of ether oxygens (including phenoxy) is 2. The minimum atomic E-state index is -0.870. The van der Waals surface area contributed by atoms with Gasteiger partial charge in [0.05, 0.1) is 17.0 Å². The van der Waals surface area contributed by atoms with Gasteiger partial charge in [-0.05, 0) is 59.3 Å². The molecule has 0 fully saturated rings. The van der Waals surface area contributed by atoms with E-state index in [1.54, 1.807) is 18.9 Å². The van der Waals surface area contributed by atoms with Crippen molar-refractivity contribution in [1.82, 2.24) is 0 Å². The number of thioether (sulfide) groups is 2. The van der Waals surface area contributed by atoms with Gasteiger partial charge in [-0.2, -0.15) is 0 Å². The zero-order valence-corrected chi connectivity index (χ0v) is 23.9. The summed E-state index contributed by atoms with van der Waals surface area (Å²) in [5, 5.41) is 0. The molecule has 0 aromatic rings. The molecule has 178 valence electrons. The third-order valence-electron chi connectivity index (χ3n) is 6.22. The molecule has 0 bridgehead atoms. The monoisotopic (exact) mass is 478 g/mol. The topological polar surface area (TPSA) is 35.5 Å². The van der Waals surface area contributed by atoms with Crippen LogP contribution in [0, 0.1) is 5.41 Å². The van der Waals surface area contributed by atoms with Crippen molar-refractivity contribution >= 4 is 45.1 Å². The molecule has 0 heterocycles. The molecule has 0 saturated heterocycles. The highest BCUT2D eigenvalue weighted by molar-refractivity contribution is 8.48. The van der Waals surface area contributed by atoms with Crippen LogP contribution in [0.1, 0.15) is 102 Å². The average Bonchev–Trinajstić information content (AvgIpc) is 2.64. The maximum Gasteiger partial charge on any atom is 0.180 e. The maximum absolute atomic E-state index is 13.5. The Morgan fingerprint density at radius 1 is 0.867 bits per heavy atom. The molecule has 0 aromatic carbocycles. The quantitative estimate of drug-likeness (QED) is 0.252. The fourth-order valence-corrected chi connectivity index (χ4v) is 7.56. The van der Waals surface area contributed by atoms with Gasteiger partial charge in [0, 0.05) is 11.9 Å². The summed E-state index contributed by atoms with van der Waals surface area (Å²) < 4.78 is 11.8. The van der Waals surface area contributed by atoms with E-state index in [1.165, 1.54) is 11.8 Å². The first-order valence-electron chi connectivity index (χ1n) is 11.1. The van der Waals surface area contributed by atoms with E-state index in [-0.39, 0.29) is 15.9 Å². The van der Waals surface area contributed by atoms with Crippen LogP contribution in [0.4, 0.5) is 0 Å². The normalized spacial score (nSPS) is 17.3. The number of hydrogen-bond donors (Lipinski definition) is 0. The fourth-order valence-electron chi connectivity index (χ4n) is 3.20. The second-order valence-corrected chi connectivity index (χ2v) is 15.0. The zero-order chi connectivity index (χ0) is 24.0. The van der Waals surface area contributed by atoms with Crippen LogP contribution in [0.2, 0.25) is 0 Å². The summed E-state index contributed by atoms with van der Waals surface area (Å²) in [4.78, 5) is 13.5. The average molecular weight is 479 g/mol. The predicted octanol–water partition coefficient (Wildman–Crippen LogP) is 7.69. The lowest BCUT2D eigenvalue weighted by molar-refractivity contribution is -0.155. The van der Waals surface area contributed by atoms with E-state index in [0.29, 0.717) is 13.0 Å². The lowest BCUT2D eigenvalue weighted by Crippen LogP contribution is -2.50. The van der Waals surface area contributed by atoms with Crippen molar-refractivity contribution in [1.29, 1.82) is 0 Å². The van der Waals surface area contributed by atoms with Crippen molar-refractivity contribution in [2.24, 2.45) is 5.41 Å². The maximum atomic E-state index is 13.5. The van der Waals surface area contributed by atoms with E-state index < -0.39 is 15.9 Å². The van der Waals surface area contributed by atoms with Crippen molar-refractivity contribution in [3.05, 3.63) is 0 Å². The van der Waals surface area contributed by atoms with Gasteiger partial charge in [-0.1, -0.05) is 71.9 Å². The molecule has 0 N–H and O–H groups in total. The van der Waals surface area contributed by atoms with Crippen molar-refractivity contribution in [2.45, 2.75) is 123 Å². The molecule has 3 nitrogen and oxygen atoms in total. The third kappa shape index (κ3) is 9.48. The SMILES string of the molecule is CCC(C)(C)CC(C)(CC)SC(=S)SC(C)(C)C(=O)C(C)(CC)OCC(C)(C)OC. The van der Waals surface area contributed by atoms with Crippen LogP contribution in [0.25, 0.3) is 0 Å². The van der Waals surface area contributed by atoms with Gasteiger partial charge in [-0.15, -0.1) is 11.8 Å². The van der Waals surface area contributed by atoms with Gasteiger partial charge in [0.25, 0.3) is 0 Å². The van der Waals surface area contributed by atoms with E-state index in [1.807, 2.05) is 41.5 Å². The minimum absolute atomic E-state index is 0.0652. The lowest BCUT2D eigenvalue weighted by Gasteiger charge is -2.39. The number of carbonyl (C=O) groups excluding carboxylic acids is 1. The first kappa shape index (κ1) is 30.4. The molecule has 0 spiro atoms. The molecule has 6 heteroatoms. The summed E-state index contributed by atoms with van der Waals surface area (Å²) in [5.41, 5.74) is -1.04. The summed E-state index contributed by atoms with van der Waals surface area (Å²) in [6.07, 6.45) is 3.87. The molecule has 30 heavy (non-hydrogen) atoms. The molecular weight excluding hydrogens is 432 g/mol. The molecule has 0 aromatic heterocycles. The first-order valence-corrected chi connectivity index (χ1v) is 13.1. The summed E-state index contributed by atoms with van der Waals surface area (Å²) in [6, 6.07) is 0. The number of carbonyl (C=O) groups is 1. The Bertz CT molecular complexity index is 586. The third-order valence-corrected chi connectivity index (χ3v) is 9.17. The summed E-state index contributed by atoms with van der Waals surface area (Å²) in [7, 11) is 1.66. The Morgan fingerprint density at radius 3 is 1.80 bits per heavy atom. The number of Topliss-reactive ketones (excluding diaryl/α,β-unsaturated/α-hetero) is 1. The molecule has 0 aliphatic heterocycles. The van der Waals surface area contributed by atoms with Crippen molar-refractivity contribution in [3.8, 4) is 0 Å². The first-order chi connectivity index (χ1) is 13.4. The highest BCUT2D eigenvalue weighted by atomic mass is 32.2. The molecule has 0 rings (SSSR count). The van der Waals surface area contributed by atoms with Gasteiger partial charge in [0.15, 0.2) is 5.78 Å². The van der Waals surface area contributed by atoms with Gasteiger partial charge in [0.2, 0.25) is 0 Å². The number of rotatable bonds is 13. The summed E-state index contributed by atoms with van der Waals surface area (Å²) in [6.45, 7) is 23.5. The molecule has 0 aliphatic rings. The Labute approximate surface area is 200 Å². The molecular formula is C24H46O3S3. The van der Waals surface area contributed by atoms with Crippen molar-refractivity contribution in [3.63, 3.8) is 0 Å². The van der Waals surface area contributed by atoms with Crippen LogP contribution in [-0.4, -0.2) is 43.7 Å². The molecule has 2 atom stereocenters. The Morgan fingerprint density at radius 2 is 1.40 bits per heavy atom. The van der Waals surface area contributed by atoms with Crippen LogP contribution >= 0.6 is 35.7 Å². The van der Waals surface area contributed by atoms with E-state index in [9.17, 15) is 4.79 Å². The minimum Gasteiger partial charge on any atom is -0.376 e. The van der Waals surface area contributed by atoms with E-state index in [0.717, 1.165) is 22.8 Å². The fraction of sp³-hybridized carbons (Fsp3) is 0.917. The second kappa shape index (κ2) is 11.5. The Balaban J connectivity index is 5.33. The standard InChI is InChI=1S/C24H46O3S3/c1-13-20(4,5)16-23(10,14-2)30-19(28)29-22(8,9)18(25)24(11,15-3)27-17-21(6,7)26-12/h13-17H2,1-12H3. The highest BCUT2D eigenvalue weighted by Crippen LogP contribution is 2.46. The van der Waals surface area contributed by atoms with Crippen molar-refractivity contribution < 1.29 is 14.3 Å². The van der Waals surface area contributed by atoms with Crippen LogP contribution in [0.15, 0.2) is 0 Å². The largest absolute Gasteiger partial charge is 0.376 e.